The monoisotopic (exact) mass is 477 g/mol. The number of benzene rings is 1. The topological polar surface area (TPSA) is 108 Å². The lowest BCUT2D eigenvalue weighted by atomic mass is 9.92. The van der Waals surface area contributed by atoms with Crippen LogP contribution in [-0.4, -0.2) is 58.2 Å². The third kappa shape index (κ3) is 8.63. The van der Waals surface area contributed by atoms with Crippen molar-refractivity contribution in [3.8, 4) is 0 Å². The van der Waals surface area contributed by atoms with Crippen molar-refractivity contribution >= 4 is 17.9 Å². The molecule has 0 saturated heterocycles. The largest absolute Gasteiger partial charge is 0.444 e. The summed E-state index contributed by atoms with van der Waals surface area (Å²) < 4.78 is 5.36. The van der Waals surface area contributed by atoms with Crippen molar-refractivity contribution in [2.45, 2.75) is 92.5 Å². The number of amides is 3. The summed E-state index contributed by atoms with van der Waals surface area (Å²) in [6, 6.07) is 3.74. The highest BCUT2D eigenvalue weighted by molar-refractivity contribution is 5.93. The molecular formula is C26H43N3O5. The van der Waals surface area contributed by atoms with E-state index in [9.17, 15) is 19.5 Å². The number of aliphatic hydroxyl groups is 1. The predicted octanol–water partition coefficient (Wildman–Crippen LogP) is 3.63. The summed E-state index contributed by atoms with van der Waals surface area (Å²) in [4.78, 5) is 41.3. The first-order chi connectivity index (χ1) is 15.5. The smallest absolute Gasteiger partial charge is 0.408 e. The molecule has 34 heavy (non-hydrogen) atoms. The lowest BCUT2D eigenvalue weighted by Crippen LogP contribution is -2.56. The van der Waals surface area contributed by atoms with Crippen LogP contribution in [0.4, 0.5) is 4.79 Å². The molecule has 8 heteroatoms. The summed E-state index contributed by atoms with van der Waals surface area (Å²) in [6.45, 7) is 17.8. The molecule has 0 spiro atoms. The van der Waals surface area contributed by atoms with Crippen LogP contribution in [-0.2, 0) is 14.3 Å². The minimum absolute atomic E-state index is 0.0753. The van der Waals surface area contributed by atoms with Gasteiger partial charge < -0.3 is 25.4 Å². The van der Waals surface area contributed by atoms with Crippen LogP contribution in [0.25, 0.3) is 0 Å². The molecule has 1 aromatic carbocycles. The van der Waals surface area contributed by atoms with Crippen molar-refractivity contribution in [2.75, 3.05) is 13.2 Å². The van der Waals surface area contributed by atoms with E-state index in [-0.39, 0.29) is 25.0 Å². The van der Waals surface area contributed by atoms with Gasteiger partial charge in [-0.3, -0.25) is 9.59 Å². The summed E-state index contributed by atoms with van der Waals surface area (Å²) >= 11 is 0. The first-order valence-corrected chi connectivity index (χ1v) is 11.8. The summed E-state index contributed by atoms with van der Waals surface area (Å²) in [5, 5.41) is 15.5. The van der Waals surface area contributed by atoms with E-state index in [0.29, 0.717) is 5.56 Å². The van der Waals surface area contributed by atoms with Crippen molar-refractivity contribution in [1.29, 1.82) is 0 Å². The van der Waals surface area contributed by atoms with Crippen molar-refractivity contribution in [2.24, 2.45) is 5.92 Å². The van der Waals surface area contributed by atoms with E-state index in [1.165, 1.54) is 4.90 Å². The Morgan fingerprint density at radius 3 is 1.97 bits per heavy atom. The van der Waals surface area contributed by atoms with Crippen molar-refractivity contribution in [3.63, 3.8) is 0 Å². The Labute approximate surface area is 204 Å². The molecule has 0 aliphatic rings. The average molecular weight is 478 g/mol. The number of alkyl carbamates (subject to hydrolysis) is 1. The zero-order valence-electron chi connectivity index (χ0n) is 22.4. The number of ether oxygens (including phenoxy) is 1. The van der Waals surface area contributed by atoms with Crippen LogP contribution in [0.1, 0.15) is 78.1 Å². The van der Waals surface area contributed by atoms with Crippen LogP contribution in [0.15, 0.2) is 18.2 Å². The van der Waals surface area contributed by atoms with E-state index < -0.39 is 35.2 Å². The number of nitrogens with one attached hydrogen (secondary N) is 2. The molecule has 3 N–H and O–H groups in total. The summed E-state index contributed by atoms with van der Waals surface area (Å²) in [7, 11) is 0. The van der Waals surface area contributed by atoms with Crippen LogP contribution >= 0.6 is 0 Å². The van der Waals surface area contributed by atoms with Crippen LogP contribution < -0.4 is 10.6 Å². The lowest BCUT2D eigenvalue weighted by Gasteiger charge is -2.37. The highest BCUT2D eigenvalue weighted by Crippen LogP contribution is 2.29. The summed E-state index contributed by atoms with van der Waals surface area (Å²) in [6.07, 6.45) is -0.716. The first kappa shape index (κ1) is 29.4. The zero-order valence-corrected chi connectivity index (χ0v) is 22.4. The second kappa shape index (κ2) is 11.7. The standard InChI is InChI=1S/C26H43N3O5/c1-16(2)20(27-24(33)34-26(8,9)10)23(32)29(14-15-30)21(22(31)28-25(5,6)7)19-17(3)12-11-13-18(19)4/h11-13,16,20-21,30H,14-15H2,1-10H3,(H,27,33)(H,28,31). The molecule has 0 radical (unpaired) electrons. The fourth-order valence-corrected chi connectivity index (χ4v) is 3.73. The zero-order chi connectivity index (χ0) is 26.4. The molecule has 0 aromatic heterocycles. The molecule has 0 heterocycles. The van der Waals surface area contributed by atoms with Gasteiger partial charge in [-0.2, -0.15) is 0 Å². The third-order valence-corrected chi connectivity index (χ3v) is 5.10. The first-order valence-electron chi connectivity index (χ1n) is 11.8. The number of hydrogen-bond donors (Lipinski definition) is 3. The molecule has 1 aromatic rings. The number of rotatable bonds is 8. The summed E-state index contributed by atoms with van der Waals surface area (Å²) in [5.41, 5.74) is 1.14. The van der Waals surface area contributed by atoms with Crippen LogP contribution in [0.5, 0.6) is 0 Å². The van der Waals surface area contributed by atoms with E-state index >= 15 is 0 Å². The van der Waals surface area contributed by atoms with Gasteiger partial charge in [0.05, 0.1) is 6.61 Å². The second-order valence-corrected chi connectivity index (χ2v) is 11.1. The third-order valence-electron chi connectivity index (χ3n) is 5.10. The Balaban J connectivity index is 3.55. The molecule has 0 aliphatic heterocycles. The number of carbonyl (C=O) groups is 3. The highest BCUT2D eigenvalue weighted by Gasteiger charge is 2.39. The number of nitrogens with zero attached hydrogens (tertiary/aromatic N) is 1. The predicted molar refractivity (Wildman–Crippen MR) is 133 cm³/mol. The van der Waals surface area contributed by atoms with Crippen molar-refractivity contribution < 1.29 is 24.2 Å². The van der Waals surface area contributed by atoms with Crippen LogP contribution in [0.3, 0.4) is 0 Å². The molecule has 2 unspecified atom stereocenters. The van der Waals surface area contributed by atoms with Gasteiger partial charge in [-0.05, 0) is 78.0 Å². The van der Waals surface area contributed by atoms with E-state index in [0.717, 1.165) is 11.1 Å². The maximum atomic E-state index is 13.8. The Hall–Kier alpha value is -2.61. The minimum atomic E-state index is -0.984. The van der Waals surface area contributed by atoms with Gasteiger partial charge in [0.15, 0.2) is 0 Å². The lowest BCUT2D eigenvalue weighted by molar-refractivity contribution is -0.144. The molecule has 0 aliphatic carbocycles. The molecule has 0 bridgehead atoms. The molecule has 0 fully saturated rings. The molecule has 8 nitrogen and oxygen atoms in total. The Morgan fingerprint density at radius 1 is 1.03 bits per heavy atom. The molecule has 0 saturated carbocycles. The molecule has 2 atom stereocenters. The molecule has 192 valence electrons. The van der Waals surface area contributed by atoms with Gasteiger partial charge in [-0.25, -0.2) is 4.79 Å². The fraction of sp³-hybridized carbons (Fsp3) is 0.654. The maximum Gasteiger partial charge on any atom is 0.408 e. The SMILES string of the molecule is Cc1cccc(C)c1C(C(=O)NC(C)(C)C)N(CCO)C(=O)C(NC(=O)OC(C)(C)C)C(C)C. The van der Waals surface area contributed by atoms with Crippen LogP contribution in [0.2, 0.25) is 0 Å². The maximum absolute atomic E-state index is 13.8. The fourth-order valence-electron chi connectivity index (χ4n) is 3.73. The van der Waals surface area contributed by atoms with E-state index in [1.54, 1.807) is 34.6 Å². The summed E-state index contributed by atoms with van der Waals surface area (Å²) in [5.74, 6) is -1.11. The highest BCUT2D eigenvalue weighted by atomic mass is 16.6. The Morgan fingerprint density at radius 2 is 1.56 bits per heavy atom. The van der Waals surface area contributed by atoms with Crippen molar-refractivity contribution in [3.05, 3.63) is 34.9 Å². The number of hydrogen-bond acceptors (Lipinski definition) is 5. The van der Waals surface area contributed by atoms with Gasteiger partial charge in [0.2, 0.25) is 11.8 Å². The van der Waals surface area contributed by atoms with E-state index in [2.05, 4.69) is 10.6 Å². The Bertz CT molecular complexity index is 848. The molecular weight excluding hydrogens is 434 g/mol. The van der Waals surface area contributed by atoms with Gasteiger partial charge in [-0.15, -0.1) is 0 Å². The second-order valence-electron chi connectivity index (χ2n) is 11.1. The van der Waals surface area contributed by atoms with E-state index in [4.69, 9.17) is 4.74 Å². The average Bonchev–Trinajstić information content (AvgIpc) is 2.64. The Kier molecular flexibility index (Phi) is 10.1. The normalized spacial score (nSPS) is 13.8. The quantitative estimate of drug-likeness (QED) is 0.530. The minimum Gasteiger partial charge on any atom is -0.444 e. The van der Waals surface area contributed by atoms with Gasteiger partial charge in [0.1, 0.15) is 17.7 Å². The van der Waals surface area contributed by atoms with E-state index in [1.807, 2.05) is 52.8 Å². The van der Waals surface area contributed by atoms with Crippen LogP contribution in [0, 0.1) is 19.8 Å². The number of carbonyl (C=O) groups excluding carboxylic acids is 3. The van der Waals surface area contributed by atoms with Gasteiger partial charge in [0, 0.05) is 12.1 Å². The molecule has 3 amide bonds. The molecule has 1 rings (SSSR count). The van der Waals surface area contributed by atoms with Crippen molar-refractivity contribution in [1.82, 2.24) is 15.5 Å². The van der Waals surface area contributed by atoms with Gasteiger partial charge >= 0.3 is 6.09 Å². The number of aryl methyl sites for hydroxylation is 2. The van der Waals surface area contributed by atoms with Gasteiger partial charge in [0.25, 0.3) is 0 Å². The van der Waals surface area contributed by atoms with Gasteiger partial charge in [-0.1, -0.05) is 32.0 Å². The number of aliphatic hydroxyl groups excluding tert-OH is 1.